The molecule has 0 unspecified atom stereocenters. The highest BCUT2D eigenvalue weighted by atomic mass is 79.9. The maximum Gasteiger partial charge on any atom is 0.262 e. The fraction of sp³-hybridized carbons (Fsp3) is 0.136. The fourth-order valence-corrected chi connectivity index (χ4v) is 4.22. The Kier molecular flexibility index (Phi) is 5.17. The van der Waals surface area contributed by atoms with Crippen LogP contribution in [0.4, 0.5) is 11.4 Å². The number of hydrogen-bond acceptors (Lipinski definition) is 3. The number of aryl methyl sites for hydroxylation is 1. The number of hydrogen-bond donors (Lipinski definition) is 1. The quantitative estimate of drug-likeness (QED) is 0.457. The molecule has 1 heterocycles. The van der Waals surface area contributed by atoms with Gasteiger partial charge in [0.15, 0.2) is 0 Å². The smallest absolute Gasteiger partial charge is 0.262 e. The van der Waals surface area contributed by atoms with Crippen molar-refractivity contribution in [3.8, 4) is 5.75 Å². The predicted molar refractivity (Wildman–Crippen MR) is 119 cm³/mol. The summed E-state index contributed by atoms with van der Waals surface area (Å²) in [4.78, 5) is 15.3. The Balaban J connectivity index is 1.91. The van der Waals surface area contributed by atoms with Crippen LogP contribution in [-0.4, -0.2) is 13.0 Å². The maximum atomic E-state index is 13.5. The zero-order valence-electron chi connectivity index (χ0n) is 15.4. The van der Waals surface area contributed by atoms with Crippen molar-refractivity contribution in [2.24, 2.45) is 0 Å². The summed E-state index contributed by atoms with van der Waals surface area (Å²) >= 11 is 7.11. The number of carbonyl (C=O) groups excluding carboxylic acids is 1. The largest absolute Gasteiger partial charge is 0.497 e. The molecule has 6 heteroatoms. The van der Waals surface area contributed by atoms with Crippen LogP contribution in [0.5, 0.6) is 5.75 Å². The normalized spacial score (nSPS) is 15.8. The molecular weight excluding hydrogens is 484 g/mol. The molecule has 4 rings (SSSR count). The lowest BCUT2D eigenvalue weighted by molar-refractivity contribution is 0.0974. The number of rotatable bonds is 3. The minimum Gasteiger partial charge on any atom is -0.497 e. The second kappa shape index (κ2) is 7.60. The van der Waals surface area contributed by atoms with Gasteiger partial charge in [0, 0.05) is 25.9 Å². The summed E-state index contributed by atoms with van der Waals surface area (Å²) in [7, 11) is 1.64. The molecule has 0 radical (unpaired) electrons. The van der Waals surface area contributed by atoms with Crippen LogP contribution in [0.1, 0.15) is 27.7 Å². The first kappa shape index (κ1) is 19.0. The summed E-state index contributed by atoms with van der Waals surface area (Å²) in [6, 6.07) is 19.4. The first-order valence-electron chi connectivity index (χ1n) is 8.77. The van der Waals surface area contributed by atoms with E-state index in [-0.39, 0.29) is 12.1 Å². The Labute approximate surface area is 180 Å². The van der Waals surface area contributed by atoms with Crippen molar-refractivity contribution in [1.82, 2.24) is 0 Å². The minimum absolute atomic E-state index is 0.0552. The molecule has 1 aliphatic rings. The summed E-state index contributed by atoms with van der Waals surface area (Å²) in [5, 5.41) is 3.53. The number of nitrogens with zero attached hydrogens (tertiary/aromatic N) is 1. The Morgan fingerprint density at radius 2 is 1.86 bits per heavy atom. The van der Waals surface area contributed by atoms with E-state index in [9.17, 15) is 4.79 Å². The molecule has 1 aliphatic heterocycles. The van der Waals surface area contributed by atoms with Gasteiger partial charge < -0.3 is 10.1 Å². The summed E-state index contributed by atoms with van der Waals surface area (Å²) in [5.41, 5.74) is 4.28. The molecule has 0 aromatic heterocycles. The third kappa shape index (κ3) is 3.42. The van der Waals surface area contributed by atoms with E-state index in [0.717, 1.165) is 37.2 Å². The third-order valence-electron chi connectivity index (χ3n) is 4.76. The molecule has 1 atom stereocenters. The fourth-order valence-electron chi connectivity index (χ4n) is 3.40. The number of methoxy groups -OCH3 is 1. The Morgan fingerprint density at radius 3 is 2.61 bits per heavy atom. The molecule has 1 amide bonds. The number of fused-ring (bicyclic) bond motifs is 1. The van der Waals surface area contributed by atoms with E-state index in [2.05, 4.69) is 37.2 Å². The van der Waals surface area contributed by atoms with Gasteiger partial charge in [0.1, 0.15) is 11.9 Å². The van der Waals surface area contributed by atoms with E-state index >= 15 is 0 Å². The van der Waals surface area contributed by atoms with Gasteiger partial charge in [-0.2, -0.15) is 0 Å². The Morgan fingerprint density at radius 1 is 1.04 bits per heavy atom. The molecule has 142 valence electrons. The van der Waals surface area contributed by atoms with Crippen molar-refractivity contribution in [1.29, 1.82) is 0 Å². The van der Waals surface area contributed by atoms with Gasteiger partial charge in [0.2, 0.25) is 0 Å². The summed E-state index contributed by atoms with van der Waals surface area (Å²) in [5.74, 6) is 0.679. The van der Waals surface area contributed by atoms with Gasteiger partial charge in [-0.25, -0.2) is 0 Å². The van der Waals surface area contributed by atoms with E-state index in [0.29, 0.717) is 5.56 Å². The van der Waals surface area contributed by atoms with E-state index < -0.39 is 0 Å². The highest BCUT2D eigenvalue weighted by Gasteiger charge is 2.35. The number of halogens is 2. The van der Waals surface area contributed by atoms with Crippen molar-refractivity contribution in [2.45, 2.75) is 13.1 Å². The number of carbonyl (C=O) groups is 1. The molecule has 3 aromatic carbocycles. The zero-order chi connectivity index (χ0) is 19.8. The molecule has 1 N–H and O–H groups in total. The number of ether oxygens (including phenoxy) is 1. The van der Waals surface area contributed by atoms with Gasteiger partial charge in [-0.1, -0.05) is 44.0 Å². The number of amides is 1. The molecule has 28 heavy (non-hydrogen) atoms. The highest BCUT2D eigenvalue weighted by Crippen LogP contribution is 2.40. The Bertz CT molecular complexity index is 1070. The van der Waals surface area contributed by atoms with Crippen LogP contribution in [0.15, 0.2) is 69.6 Å². The molecule has 4 nitrogen and oxygen atoms in total. The predicted octanol–water partition coefficient (Wildman–Crippen LogP) is 6.30. The van der Waals surface area contributed by atoms with E-state index in [1.807, 2.05) is 67.6 Å². The lowest BCUT2D eigenvalue weighted by atomic mass is 10.0. The van der Waals surface area contributed by atoms with Gasteiger partial charge >= 0.3 is 0 Å². The topological polar surface area (TPSA) is 41.6 Å². The van der Waals surface area contributed by atoms with Crippen LogP contribution in [0.25, 0.3) is 0 Å². The molecule has 0 fully saturated rings. The van der Waals surface area contributed by atoms with Crippen molar-refractivity contribution in [2.75, 3.05) is 17.3 Å². The lowest BCUT2D eigenvalue weighted by Crippen LogP contribution is -2.43. The second-order valence-corrected chi connectivity index (χ2v) is 8.41. The lowest BCUT2D eigenvalue weighted by Gasteiger charge is -2.38. The van der Waals surface area contributed by atoms with Crippen LogP contribution < -0.4 is 15.0 Å². The second-order valence-electron chi connectivity index (χ2n) is 6.64. The highest BCUT2D eigenvalue weighted by molar-refractivity contribution is 9.10. The van der Waals surface area contributed by atoms with Crippen LogP contribution in [0.3, 0.4) is 0 Å². The molecule has 0 saturated heterocycles. The first-order valence-corrected chi connectivity index (χ1v) is 10.4. The minimum atomic E-state index is -0.382. The van der Waals surface area contributed by atoms with Crippen LogP contribution in [-0.2, 0) is 0 Å². The molecular formula is C22H18Br2N2O2. The van der Waals surface area contributed by atoms with E-state index in [4.69, 9.17) is 4.74 Å². The maximum absolute atomic E-state index is 13.5. The average molecular weight is 502 g/mol. The molecule has 0 saturated carbocycles. The number of nitrogens with one attached hydrogen (secondary N) is 1. The van der Waals surface area contributed by atoms with Crippen LogP contribution >= 0.6 is 31.9 Å². The number of benzene rings is 3. The third-order valence-corrected chi connectivity index (χ3v) is 5.97. The van der Waals surface area contributed by atoms with Gasteiger partial charge in [0.25, 0.3) is 5.91 Å². The molecule has 3 aromatic rings. The first-order chi connectivity index (χ1) is 13.5. The molecule has 0 aliphatic carbocycles. The number of anilines is 2. The van der Waals surface area contributed by atoms with Gasteiger partial charge in [-0.05, 0) is 61.0 Å². The summed E-state index contributed by atoms with van der Waals surface area (Å²) in [6.45, 7) is 2.02. The van der Waals surface area contributed by atoms with Crippen LogP contribution in [0.2, 0.25) is 0 Å². The monoisotopic (exact) mass is 500 g/mol. The van der Waals surface area contributed by atoms with Crippen molar-refractivity contribution in [3.63, 3.8) is 0 Å². The van der Waals surface area contributed by atoms with Gasteiger partial charge in [0.05, 0.1) is 12.7 Å². The molecule has 0 spiro atoms. The van der Waals surface area contributed by atoms with Gasteiger partial charge in [-0.15, -0.1) is 0 Å². The van der Waals surface area contributed by atoms with Crippen molar-refractivity contribution in [3.05, 3.63) is 86.3 Å². The van der Waals surface area contributed by atoms with Crippen molar-refractivity contribution < 1.29 is 9.53 Å². The molecule has 0 bridgehead atoms. The van der Waals surface area contributed by atoms with Crippen molar-refractivity contribution >= 4 is 49.1 Å². The van der Waals surface area contributed by atoms with Crippen LogP contribution in [0, 0.1) is 6.92 Å². The van der Waals surface area contributed by atoms with E-state index in [1.54, 1.807) is 12.0 Å². The SMILES string of the molecule is COc1ccc(Br)c([C@@H]2Nc3ccc(Br)cc3C(=O)N2c2cccc(C)c2)c1. The summed E-state index contributed by atoms with van der Waals surface area (Å²) < 4.78 is 7.18. The zero-order valence-corrected chi connectivity index (χ0v) is 18.5. The van der Waals surface area contributed by atoms with Gasteiger partial charge in [-0.3, -0.25) is 9.69 Å². The standard InChI is InChI=1S/C22H18Br2N2O2/c1-13-4-3-5-15(10-13)26-21(17-12-16(28-2)7-8-19(17)24)25-20-9-6-14(23)11-18(20)22(26)27/h3-12,21,25H,1-2H3/t21-/m1/s1. The Hall–Kier alpha value is -2.31. The van der Waals surface area contributed by atoms with E-state index in [1.165, 1.54) is 0 Å². The average Bonchev–Trinajstić information content (AvgIpc) is 2.69. The summed E-state index contributed by atoms with van der Waals surface area (Å²) in [6.07, 6.45) is -0.382.